The van der Waals surface area contributed by atoms with Crippen molar-refractivity contribution in [1.29, 1.82) is 0 Å². The summed E-state index contributed by atoms with van der Waals surface area (Å²) in [6.45, 7) is 0. The van der Waals surface area contributed by atoms with E-state index >= 15 is 0 Å². The topological polar surface area (TPSA) is 35.5 Å². The van der Waals surface area contributed by atoms with Crippen molar-refractivity contribution >= 4 is 42.6 Å². The van der Waals surface area contributed by atoms with Crippen LogP contribution in [-0.4, -0.2) is 19.7 Å². The molecule has 0 bridgehead atoms. The maximum Gasteiger partial charge on any atom is 0.188 e. The summed E-state index contributed by atoms with van der Waals surface area (Å²) in [6, 6.07) is 10.3. The number of carbonyl (C=O) groups is 1. The molecule has 0 aliphatic heterocycles. The minimum atomic E-state index is -0.136. The second-order valence-corrected chi connectivity index (χ2v) is 6.17. The summed E-state index contributed by atoms with van der Waals surface area (Å²) < 4.78 is 10.4. The molecule has 6 heteroatoms. The van der Waals surface area contributed by atoms with Gasteiger partial charge in [-0.2, -0.15) is 0 Å². The number of halogens is 2. The second-order valence-electron chi connectivity index (χ2n) is 4.12. The number of rotatable bonds is 5. The highest BCUT2D eigenvalue weighted by Gasteiger charge is 2.17. The van der Waals surface area contributed by atoms with Gasteiger partial charge in [0.05, 0.1) is 29.8 Å². The summed E-state index contributed by atoms with van der Waals surface area (Å²) >= 11 is 12.1. The van der Waals surface area contributed by atoms with Crippen molar-refractivity contribution in [3.63, 3.8) is 0 Å². The van der Waals surface area contributed by atoms with Gasteiger partial charge in [0.15, 0.2) is 5.52 Å². The molecule has 0 saturated carbocycles. The van der Waals surface area contributed by atoms with E-state index in [2.05, 4.69) is 0 Å². The Hall–Kier alpha value is -1.28. The van der Waals surface area contributed by atoms with Gasteiger partial charge in [0.2, 0.25) is 0 Å². The molecule has 110 valence electrons. The maximum atomic E-state index is 12.4. The fourth-order valence-electron chi connectivity index (χ4n) is 1.80. The lowest BCUT2D eigenvalue weighted by Gasteiger charge is -2.11. The molecule has 0 aromatic heterocycles. The van der Waals surface area contributed by atoms with E-state index in [4.69, 9.17) is 32.7 Å². The third-order valence-corrected chi connectivity index (χ3v) is 4.64. The van der Waals surface area contributed by atoms with Crippen LogP contribution >= 0.6 is 31.8 Å². The van der Waals surface area contributed by atoms with Gasteiger partial charge >= 0.3 is 0 Å². The van der Waals surface area contributed by atoms with Crippen molar-refractivity contribution in [3.8, 4) is 11.5 Å². The first-order valence-electron chi connectivity index (χ1n) is 6.04. The van der Waals surface area contributed by atoms with Gasteiger partial charge in [-0.3, -0.25) is 4.79 Å². The largest absolute Gasteiger partial charge is 0.497 e. The van der Waals surface area contributed by atoms with E-state index in [9.17, 15) is 4.79 Å². The second kappa shape index (κ2) is 7.13. The van der Waals surface area contributed by atoms with Crippen molar-refractivity contribution in [2.75, 3.05) is 14.2 Å². The van der Waals surface area contributed by atoms with Crippen LogP contribution in [0, 0.1) is 0 Å². The van der Waals surface area contributed by atoms with Gasteiger partial charge in [-0.05, 0) is 32.8 Å². The Balaban J connectivity index is 2.32. The minimum Gasteiger partial charge on any atom is -0.497 e. The first-order chi connectivity index (χ1) is 10.1. The summed E-state index contributed by atoms with van der Waals surface area (Å²) in [7, 11) is 2.99. The molecule has 0 N–H and O–H groups in total. The summed E-state index contributed by atoms with van der Waals surface area (Å²) in [5.74, 6) is 1.27. The van der Waals surface area contributed by atoms with Crippen molar-refractivity contribution in [1.82, 2.24) is 0 Å². The van der Waals surface area contributed by atoms with Gasteiger partial charge in [-0.25, -0.2) is 0 Å². The highest BCUT2D eigenvalue weighted by atomic mass is 35.5. The number of benzene rings is 2. The van der Waals surface area contributed by atoms with Gasteiger partial charge in [0.1, 0.15) is 11.5 Å². The Morgan fingerprint density at radius 2 is 1.71 bits per heavy atom. The van der Waals surface area contributed by atoms with Crippen LogP contribution in [0.15, 0.2) is 36.4 Å². The van der Waals surface area contributed by atoms with E-state index in [0.717, 1.165) is 5.30 Å². The van der Waals surface area contributed by atoms with Crippen LogP contribution < -0.4 is 14.8 Å². The van der Waals surface area contributed by atoms with Crippen LogP contribution in [0.4, 0.5) is 0 Å². The van der Waals surface area contributed by atoms with Gasteiger partial charge < -0.3 is 9.47 Å². The Morgan fingerprint density at radius 3 is 2.29 bits per heavy atom. The summed E-state index contributed by atoms with van der Waals surface area (Å²) in [5, 5.41) is 1.49. The van der Waals surface area contributed by atoms with Crippen LogP contribution in [0.3, 0.4) is 0 Å². The predicted molar refractivity (Wildman–Crippen MR) is 88.3 cm³/mol. The van der Waals surface area contributed by atoms with Crippen molar-refractivity contribution < 1.29 is 14.3 Å². The third-order valence-electron chi connectivity index (χ3n) is 2.85. The van der Waals surface area contributed by atoms with Gasteiger partial charge in [-0.15, -0.1) is 0 Å². The SMILES string of the molecule is COc1ccc(PC(=O)c2c(Cl)cccc2Cl)c(OC)c1. The van der Waals surface area contributed by atoms with Gasteiger partial charge in [-0.1, -0.05) is 29.3 Å². The zero-order valence-electron chi connectivity index (χ0n) is 11.4. The van der Waals surface area contributed by atoms with Crippen LogP contribution in [0.5, 0.6) is 11.5 Å². The van der Waals surface area contributed by atoms with E-state index in [1.165, 1.54) is 0 Å². The third kappa shape index (κ3) is 3.68. The zero-order chi connectivity index (χ0) is 15.4. The molecule has 0 spiro atoms. The monoisotopic (exact) mass is 342 g/mol. The first kappa shape index (κ1) is 16.1. The van der Waals surface area contributed by atoms with Crippen LogP contribution in [-0.2, 0) is 0 Å². The highest BCUT2D eigenvalue weighted by Crippen LogP contribution is 2.33. The van der Waals surface area contributed by atoms with Gasteiger partial charge in [0, 0.05) is 11.4 Å². The van der Waals surface area contributed by atoms with Gasteiger partial charge in [0.25, 0.3) is 0 Å². The molecule has 0 amide bonds. The molecule has 3 nitrogen and oxygen atoms in total. The standard InChI is InChI=1S/C15H13Cl2O3P/c1-19-9-6-7-13(12(8-9)20-2)21-15(18)14-10(16)4-3-5-11(14)17/h3-8,21H,1-2H3. The lowest BCUT2D eigenvalue weighted by Crippen LogP contribution is -2.06. The molecule has 2 aromatic carbocycles. The first-order valence-corrected chi connectivity index (χ1v) is 7.79. The Labute approximate surface area is 134 Å². The number of carbonyl (C=O) groups excluding carboxylic acids is 1. The average Bonchev–Trinajstić information content (AvgIpc) is 2.47. The van der Waals surface area contributed by atoms with E-state index in [1.807, 2.05) is 0 Å². The minimum absolute atomic E-state index is 0.130. The molecule has 0 aliphatic rings. The van der Waals surface area contributed by atoms with Crippen molar-refractivity contribution in [3.05, 3.63) is 52.0 Å². The molecular weight excluding hydrogens is 330 g/mol. The maximum absolute atomic E-state index is 12.4. The fourth-order valence-corrected chi connectivity index (χ4v) is 3.63. The van der Waals surface area contributed by atoms with Crippen LogP contribution in [0.1, 0.15) is 10.4 Å². The molecular formula is C15H13Cl2O3P. The Kier molecular flexibility index (Phi) is 5.46. The Bertz CT molecular complexity index is 654. The summed E-state index contributed by atoms with van der Waals surface area (Å²) in [4.78, 5) is 12.4. The van der Waals surface area contributed by atoms with E-state index < -0.39 is 0 Å². The number of hydrogen-bond acceptors (Lipinski definition) is 3. The highest BCUT2D eigenvalue weighted by molar-refractivity contribution is 7.66. The normalized spacial score (nSPS) is 10.9. The lowest BCUT2D eigenvalue weighted by atomic mass is 10.2. The molecule has 0 aliphatic carbocycles. The number of methoxy groups -OCH3 is 2. The lowest BCUT2D eigenvalue weighted by molar-refractivity contribution is 0.108. The molecule has 2 aromatic rings. The quantitative estimate of drug-likeness (QED) is 0.765. The molecule has 1 atom stereocenters. The van der Waals surface area contributed by atoms with E-state index in [0.29, 0.717) is 27.1 Å². The molecule has 0 radical (unpaired) electrons. The van der Waals surface area contributed by atoms with E-state index in [-0.39, 0.29) is 14.1 Å². The summed E-state index contributed by atoms with van der Waals surface area (Å²) in [5.41, 5.74) is 0.214. The molecule has 21 heavy (non-hydrogen) atoms. The van der Waals surface area contributed by atoms with Crippen molar-refractivity contribution in [2.24, 2.45) is 0 Å². The molecule has 1 unspecified atom stereocenters. The number of hydrogen-bond donors (Lipinski definition) is 0. The average molecular weight is 343 g/mol. The van der Waals surface area contributed by atoms with E-state index in [1.54, 1.807) is 50.6 Å². The zero-order valence-corrected chi connectivity index (χ0v) is 14.0. The van der Waals surface area contributed by atoms with Crippen LogP contribution in [0.25, 0.3) is 0 Å². The number of ether oxygens (including phenoxy) is 2. The van der Waals surface area contributed by atoms with Crippen molar-refractivity contribution in [2.45, 2.75) is 0 Å². The molecule has 2 rings (SSSR count). The molecule has 0 fully saturated rings. The molecule has 0 heterocycles. The fraction of sp³-hybridized carbons (Fsp3) is 0.133. The summed E-state index contributed by atoms with van der Waals surface area (Å²) in [6.07, 6.45) is 0. The predicted octanol–water partition coefficient (Wildman–Crippen LogP) is 4.15. The smallest absolute Gasteiger partial charge is 0.188 e. The Morgan fingerprint density at radius 1 is 1.05 bits per heavy atom. The molecule has 0 saturated heterocycles. The van der Waals surface area contributed by atoms with Crippen LogP contribution in [0.2, 0.25) is 10.0 Å².